The number of nitrogens with one attached hydrogen (secondary N) is 2. The van der Waals surface area contributed by atoms with Gasteiger partial charge in [-0.3, -0.25) is 4.68 Å². The van der Waals surface area contributed by atoms with Crippen molar-refractivity contribution in [2.75, 3.05) is 12.0 Å². The molecular weight excluding hydrogens is 292 g/mol. The summed E-state index contributed by atoms with van der Waals surface area (Å²) in [4.78, 5) is 22.7. The summed E-state index contributed by atoms with van der Waals surface area (Å²) >= 11 is 1.54. The lowest BCUT2D eigenvalue weighted by Crippen LogP contribution is -2.46. The first-order chi connectivity index (χ1) is 9.93. The second-order valence-electron chi connectivity index (χ2n) is 4.88. The maximum atomic E-state index is 11.7. The third kappa shape index (κ3) is 6.07. The molecule has 1 aromatic rings. The van der Waals surface area contributed by atoms with E-state index in [-0.39, 0.29) is 12.6 Å². The van der Waals surface area contributed by atoms with Gasteiger partial charge in [-0.15, -0.1) is 0 Å². The summed E-state index contributed by atoms with van der Waals surface area (Å²) < 4.78 is 1.80. The molecule has 1 rings (SSSR count). The van der Waals surface area contributed by atoms with Gasteiger partial charge in [-0.1, -0.05) is 0 Å². The zero-order chi connectivity index (χ0) is 15.8. The number of aliphatic carboxylic acids is 1. The Kier molecular flexibility index (Phi) is 7.07. The van der Waals surface area contributed by atoms with Gasteiger partial charge in [0.15, 0.2) is 0 Å². The molecule has 3 N–H and O–H groups in total. The summed E-state index contributed by atoms with van der Waals surface area (Å²) in [6, 6.07) is 0.714. The highest BCUT2D eigenvalue weighted by Crippen LogP contribution is 2.04. The highest BCUT2D eigenvalue weighted by molar-refractivity contribution is 7.98. The van der Waals surface area contributed by atoms with E-state index in [4.69, 9.17) is 5.11 Å². The minimum Gasteiger partial charge on any atom is -0.480 e. The quantitative estimate of drug-likeness (QED) is 0.675. The third-order valence-corrected chi connectivity index (χ3v) is 3.48. The van der Waals surface area contributed by atoms with Crippen molar-refractivity contribution in [3.8, 4) is 0 Å². The fraction of sp³-hybridized carbons (Fsp3) is 0.615. The molecule has 0 fully saturated rings. The van der Waals surface area contributed by atoms with Crippen molar-refractivity contribution < 1.29 is 14.7 Å². The van der Waals surface area contributed by atoms with Crippen LogP contribution in [0.25, 0.3) is 0 Å². The van der Waals surface area contributed by atoms with Gasteiger partial charge in [0.1, 0.15) is 6.04 Å². The van der Waals surface area contributed by atoms with Crippen LogP contribution in [0.1, 0.15) is 32.0 Å². The normalized spacial score (nSPS) is 12.2. The van der Waals surface area contributed by atoms with Crippen LogP contribution in [-0.4, -0.2) is 44.9 Å². The minimum absolute atomic E-state index is 0.260. The predicted molar refractivity (Wildman–Crippen MR) is 82.4 cm³/mol. The van der Waals surface area contributed by atoms with Crippen LogP contribution in [0.3, 0.4) is 0 Å². The average molecular weight is 314 g/mol. The standard InChI is InChI=1S/C13H22N4O3S/c1-9(2)17-6-4-10(16-17)8-14-13(20)15-11(12(18)19)5-7-21-3/h4,6,9,11H,5,7-8H2,1-3H3,(H,18,19)(H2,14,15,20). The highest BCUT2D eigenvalue weighted by Gasteiger charge is 2.19. The second kappa shape index (κ2) is 8.56. The van der Waals surface area contributed by atoms with Gasteiger partial charge >= 0.3 is 12.0 Å². The lowest BCUT2D eigenvalue weighted by Gasteiger charge is -2.14. The molecule has 0 saturated heterocycles. The molecule has 0 radical (unpaired) electrons. The predicted octanol–water partition coefficient (Wildman–Crippen LogP) is 1.47. The summed E-state index contributed by atoms with van der Waals surface area (Å²) in [5.41, 5.74) is 0.731. The first-order valence-corrected chi connectivity index (χ1v) is 8.13. The van der Waals surface area contributed by atoms with E-state index in [9.17, 15) is 9.59 Å². The number of rotatable bonds is 8. The number of thioether (sulfide) groups is 1. The Hall–Kier alpha value is -1.70. The molecule has 1 unspecified atom stereocenters. The number of urea groups is 1. The lowest BCUT2D eigenvalue weighted by atomic mass is 10.2. The Bertz CT molecular complexity index is 476. The summed E-state index contributed by atoms with van der Waals surface area (Å²) in [6.45, 7) is 4.29. The van der Waals surface area contributed by atoms with Crippen molar-refractivity contribution in [1.29, 1.82) is 0 Å². The number of carboxylic acids is 1. The van der Waals surface area contributed by atoms with Crippen LogP contribution in [0.15, 0.2) is 12.3 Å². The molecule has 0 aromatic carbocycles. The fourth-order valence-electron chi connectivity index (χ4n) is 1.63. The molecular formula is C13H22N4O3S. The molecule has 7 nitrogen and oxygen atoms in total. The van der Waals surface area contributed by atoms with Gasteiger partial charge in [0.2, 0.25) is 0 Å². The van der Waals surface area contributed by atoms with Crippen LogP contribution >= 0.6 is 11.8 Å². The van der Waals surface area contributed by atoms with Gasteiger partial charge < -0.3 is 15.7 Å². The highest BCUT2D eigenvalue weighted by atomic mass is 32.2. The molecule has 0 aliphatic heterocycles. The van der Waals surface area contributed by atoms with Crippen molar-refractivity contribution in [2.45, 2.75) is 38.9 Å². The molecule has 8 heteroatoms. The van der Waals surface area contributed by atoms with E-state index in [2.05, 4.69) is 15.7 Å². The number of amides is 2. The van der Waals surface area contributed by atoms with Crippen molar-refractivity contribution in [3.63, 3.8) is 0 Å². The molecule has 0 aliphatic rings. The SMILES string of the molecule is CSCCC(NC(=O)NCc1ccn(C(C)C)n1)C(=O)O. The van der Waals surface area contributed by atoms with E-state index >= 15 is 0 Å². The Morgan fingerprint density at radius 2 is 2.19 bits per heavy atom. The van der Waals surface area contributed by atoms with E-state index in [1.54, 1.807) is 16.4 Å². The molecule has 2 amide bonds. The van der Waals surface area contributed by atoms with Crippen molar-refractivity contribution >= 4 is 23.8 Å². The molecule has 1 heterocycles. The molecule has 0 saturated carbocycles. The first kappa shape index (κ1) is 17.4. The van der Waals surface area contributed by atoms with Crippen LogP contribution < -0.4 is 10.6 Å². The topological polar surface area (TPSA) is 96.3 Å². The van der Waals surface area contributed by atoms with Crippen LogP contribution in [0.5, 0.6) is 0 Å². The minimum atomic E-state index is -1.02. The smallest absolute Gasteiger partial charge is 0.326 e. The number of carbonyl (C=O) groups is 2. The summed E-state index contributed by atoms with van der Waals surface area (Å²) in [7, 11) is 0. The van der Waals surface area contributed by atoms with Crippen molar-refractivity contribution in [1.82, 2.24) is 20.4 Å². The number of hydrogen-bond acceptors (Lipinski definition) is 4. The average Bonchev–Trinajstić information content (AvgIpc) is 2.90. The van der Waals surface area contributed by atoms with Crippen LogP contribution in [-0.2, 0) is 11.3 Å². The van der Waals surface area contributed by atoms with E-state index in [0.717, 1.165) is 5.69 Å². The third-order valence-electron chi connectivity index (χ3n) is 2.84. The maximum absolute atomic E-state index is 11.7. The van der Waals surface area contributed by atoms with Gasteiger partial charge in [-0.05, 0) is 38.3 Å². The van der Waals surface area contributed by atoms with Gasteiger partial charge in [0.25, 0.3) is 0 Å². The van der Waals surface area contributed by atoms with Crippen LogP contribution in [0.4, 0.5) is 4.79 Å². The lowest BCUT2D eigenvalue weighted by molar-refractivity contribution is -0.139. The van der Waals surface area contributed by atoms with Gasteiger partial charge in [0.05, 0.1) is 12.2 Å². The fourth-order valence-corrected chi connectivity index (χ4v) is 2.10. The number of aromatic nitrogens is 2. The maximum Gasteiger partial charge on any atom is 0.326 e. The number of nitrogens with zero attached hydrogens (tertiary/aromatic N) is 2. The Labute approximate surface area is 128 Å². The largest absolute Gasteiger partial charge is 0.480 e. The van der Waals surface area contributed by atoms with Crippen molar-refractivity contribution in [2.24, 2.45) is 0 Å². The van der Waals surface area contributed by atoms with Crippen LogP contribution in [0.2, 0.25) is 0 Å². The second-order valence-corrected chi connectivity index (χ2v) is 5.87. The molecule has 1 atom stereocenters. The number of carbonyl (C=O) groups excluding carboxylic acids is 1. The zero-order valence-electron chi connectivity index (χ0n) is 12.5. The number of hydrogen-bond donors (Lipinski definition) is 3. The summed E-state index contributed by atoms with van der Waals surface area (Å²) in [5, 5.41) is 18.4. The Morgan fingerprint density at radius 1 is 1.48 bits per heavy atom. The Morgan fingerprint density at radius 3 is 2.71 bits per heavy atom. The van der Waals surface area contributed by atoms with E-state index < -0.39 is 18.0 Å². The molecule has 118 valence electrons. The molecule has 0 bridgehead atoms. The van der Waals surface area contributed by atoms with E-state index in [1.807, 2.05) is 32.4 Å². The monoisotopic (exact) mass is 314 g/mol. The molecule has 1 aromatic heterocycles. The zero-order valence-corrected chi connectivity index (χ0v) is 13.3. The Balaban J connectivity index is 2.42. The molecule has 0 spiro atoms. The van der Waals surface area contributed by atoms with E-state index in [1.165, 1.54) is 0 Å². The van der Waals surface area contributed by atoms with Crippen LogP contribution in [0, 0.1) is 0 Å². The van der Waals surface area contributed by atoms with Gasteiger partial charge in [-0.25, -0.2) is 9.59 Å². The molecule has 21 heavy (non-hydrogen) atoms. The van der Waals surface area contributed by atoms with Gasteiger partial charge in [-0.2, -0.15) is 16.9 Å². The summed E-state index contributed by atoms with van der Waals surface area (Å²) in [6.07, 6.45) is 4.13. The molecule has 0 aliphatic carbocycles. The number of carboxylic acid groups (broad SMARTS) is 1. The van der Waals surface area contributed by atoms with Crippen molar-refractivity contribution in [3.05, 3.63) is 18.0 Å². The summed E-state index contributed by atoms with van der Waals surface area (Å²) in [5.74, 6) is -0.348. The van der Waals surface area contributed by atoms with Gasteiger partial charge in [0, 0.05) is 12.2 Å². The first-order valence-electron chi connectivity index (χ1n) is 6.74. The van der Waals surface area contributed by atoms with E-state index in [0.29, 0.717) is 12.2 Å².